The van der Waals surface area contributed by atoms with E-state index < -0.39 is 0 Å². The molecular weight excluding hydrogens is 280 g/mol. The third-order valence-electron chi connectivity index (χ3n) is 2.32. The zero-order valence-corrected chi connectivity index (χ0v) is 11.8. The Kier molecular flexibility index (Phi) is 5.29. The predicted molar refractivity (Wildman–Crippen MR) is 78.7 cm³/mol. The maximum Gasteiger partial charge on any atom is 0.138 e. The molecule has 0 saturated carbocycles. The number of benzene rings is 1. The number of thiophene rings is 1. The zero-order chi connectivity index (χ0) is 13.5. The van der Waals surface area contributed by atoms with Gasteiger partial charge >= 0.3 is 0 Å². The summed E-state index contributed by atoms with van der Waals surface area (Å²) in [6.45, 7) is 0.580. The Labute approximate surface area is 121 Å². The molecule has 1 aromatic heterocycles. The van der Waals surface area contributed by atoms with Crippen LogP contribution in [0.25, 0.3) is 0 Å². The summed E-state index contributed by atoms with van der Waals surface area (Å²) in [7, 11) is 0. The first-order valence-electron chi connectivity index (χ1n) is 5.85. The van der Waals surface area contributed by atoms with Gasteiger partial charge in [0.05, 0.1) is 16.5 Å². The molecule has 0 aliphatic carbocycles. The molecule has 0 saturated heterocycles. The first kappa shape index (κ1) is 14.0. The van der Waals surface area contributed by atoms with E-state index in [-0.39, 0.29) is 6.61 Å². The van der Waals surface area contributed by atoms with Crippen molar-refractivity contribution in [3.8, 4) is 17.6 Å². The van der Waals surface area contributed by atoms with E-state index in [0.29, 0.717) is 23.8 Å². The van der Waals surface area contributed by atoms with Crippen LogP contribution in [-0.2, 0) is 6.61 Å². The molecule has 1 aromatic carbocycles. The van der Waals surface area contributed by atoms with Crippen molar-refractivity contribution in [2.75, 3.05) is 6.61 Å². The Bertz CT molecular complexity index is 595. The van der Waals surface area contributed by atoms with Gasteiger partial charge in [-0.3, -0.25) is 0 Å². The Balaban J connectivity index is 1.94. The third-order valence-corrected chi connectivity index (χ3v) is 3.60. The van der Waals surface area contributed by atoms with Crippen LogP contribution in [0.5, 0.6) is 5.75 Å². The summed E-state index contributed by atoms with van der Waals surface area (Å²) in [4.78, 5) is 2.07. The van der Waals surface area contributed by atoms with Gasteiger partial charge in [0.1, 0.15) is 12.4 Å². The number of aliphatic hydroxyl groups excluding tert-OH is 1. The van der Waals surface area contributed by atoms with Crippen LogP contribution >= 0.6 is 22.9 Å². The molecule has 2 rings (SSSR count). The Hall–Kier alpha value is -1.47. The fraction of sp³-hybridized carbons (Fsp3) is 0.200. The van der Waals surface area contributed by atoms with Crippen LogP contribution in [0.15, 0.2) is 36.4 Å². The predicted octanol–water partition coefficient (Wildman–Crippen LogP) is 3.71. The van der Waals surface area contributed by atoms with Crippen LogP contribution in [0, 0.1) is 11.8 Å². The van der Waals surface area contributed by atoms with Gasteiger partial charge in [0, 0.05) is 11.3 Å². The maximum atomic E-state index is 8.65. The van der Waals surface area contributed by atoms with Crippen molar-refractivity contribution < 1.29 is 9.84 Å². The molecular formula is C15H13ClO2S. The van der Waals surface area contributed by atoms with Crippen molar-refractivity contribution >= 4 is 22.9 Å². The maximum absolute atomic E-state index is 8.65. The van der Waals surface area contributed by atoms with Crippen LogP contribution < -0.4 is 4.74 Å². The molecule has 0 spiro atoms. The minimum Gasteiger partial charge on any atom is -0.487 e. The SMILES string of the molecule is OCCC#Cc1ccc(COc2ccccc2Cl)s1. The monoisotopic (exact) mass is 292 g/mol. The molecule has 2 nitrogen and oxygen atoms in total. The van der Waals surface area contributed by atoms with Crippen LogP contribution in [0.3, 0.4) is 0 Å². The molecule has 0 fully saturated rings. The Morgan fingerprint density at radius 3 is 2.84 bits per heavy atom. The first-order chi connectivity index (χ1) is 9.29. The standard InChI is InChI=1S/C15H13ClO2S/c16-14-6-1-2-7-15(14)18-11-13-9-8-12(19-13)5-3-4-10-17/h1-2,6-9,17H,4,10-11H2. The lowest BCUT2D eigenvalue weighted by Gasteiger charge is -2.05. The lowest BCUT2D eigenvalue weighted by atomic mass is 10.3. The van der Waals surface area contributed by atoms with E-state index in [0.717, 1.165) is 9.75 Å². The molecule has 0 atom stereocenters. The van der Waals surface area contributed by atoms with Gasteiger partial charge in [0.2, 0.25) is 0 Å². The summed E-state index contributed by atoms with van der Waals surface area (Å²) in [6.07, 6.45) is 0.503. The highest BCUT2D eigenvalue weighted by atomic mass is 35.5. The largest absolute Gasteiger partial charge is 0.487 e. The molecule has 0 amide bonds. The van der Waals surface area contributed by atoms with E-state index in [1.807, 2.05) is 30.3 Å². The zero-order valence-electron chi connectivity index (χ0n) is 10.2. The number of hydrogen-bond acceptors (Lipinski definition) is 3. The topological polar surface area (TPSA) is 29.5 Å². The van der Waals surface area contributed by atoms with Crippen molar-refractivity contribution in [1.29, 1.82) is 0 Å². The molecule has 4 heteroatoms. The lowest BCUT2D eigenvalue weighted by Crippen LogP contribution is -1.92. The first-order valence-corrected chi connectivity index (χ1v) is 7.05. The molecule has 0 unspecified atom stereocenters. The van der Waals surface area contributed by atoms with Crippen LogP contribution in [0.2, 0.25) is 5.02 Å². The second-order valence-electron chi connectivity index (χ2n) is 3.76. The van der Waals surface area contributed by atoms with Gasteiger partial charge in [0.15, 0.2) is 0 Å². The van der Waals surface area contributed by atoms with E-state index in [1.165, 1.54) is 0 Å². The van der Waals surface area contributed by atoms with Crippen molar-refractivity contribution in [3.05, 3.63) is 51.2 Å². The summed E-state index contributed by atoms with van der Waals surface area (Å²) < 4.78 is 5.65. The average Bonchev–Trinajstić information content (AvgIpc) is 2.86. The molecule has 98 valence electrons. The normalized spacial score (nSPS) is 9.79. The summed E-state index contributed by atoms with van der Waals surface area (Å²) in [5.74, 6) is 6.58. The number of halogens is 1. The third kappa shape index (κ3) is 4.29. The molecule has 19 heavy (non-hydrogen) atoms. The molecule has 0 bridgehead atoms. The average molecular weight is 293 g/mol. The van der Waals surface area contributed by atoms with Gasteiger partial charge in [-0.25, -0.2) is 0 Å². The number of hydrogen-bond donors (Lipinski definition) is 1. The van der Waals surface area contributed by atoms with Crippen molar-refractivity contribution in [3.63, 3.8) is 0 Å². The van der Waals surface area contributed by atoms with Crippen molar-refractivity contribution in [2.45, 2.75) is 13.0 Å². The second-order valence-corrected chi connectivity index (χ2v) is 5.34. The second kappa shape index (κ2) is 7.20. The molecule has 0 aliphatic rings. The van der Waals surface area contributed by atoms with Crippen molar-refractivity contribution in [2.24, 2.45) is 0 Å². The van der Waals surface area contributed by atoms with Crippen molar-refractivity contribution in [1.82, 2.24) is 0 Å². The minimum absolute atomic E-state index is 0.0981. The highest BCUT2D eigenvalue weighted by Gasteiger charge is 2.02. The molecule has 1 N–H and O–H groups in total. The van der Waals surface area contributed by atoms with Crippen LogP contribution in [0.4, 0.5) is 0 Å². The molecule has 2 aromatic rings. The number of para-hydroxylation sites is 1. The summed E-state index contributed by atoms with van der Waals surface area (Å²) >= 11 is 7.60. The van der Waals surface area contributed by atoms with E-state index in [4.69, 9.17) is 21.4 Å². The molecule has 0 aliphatic heterocycles. The van der Waals surface area contributed by atoms with E-state index in [2.05, 4.69) is 11.8 Å². The minimum atomic E-state index is 0.0981. The van der Waals surface area contributed by atoms with Gasteiger partial charge in [0.25, 0.3) is 0 Å². The lowest BCUT2D eigenvalue weighted by molar-refractivity contribution is 0.305. The van der Waals surface area contributed by atoms with Gasteiger partial charge in [-0.05, 0) is 24.3 Å². The van der Waals surface area contributed by atoms with E-state index in [9.17, 15) is 0 Å². The van der Waals surface area contributed by atoms with Gasteiger partial charge in [-0.2, -0.15) is 0 Å². The highest BCUT2D eigenvalue weighted by Crippen LogP contribution is 2.25. The Morgan fingerprint density at radius 1 is 1.21 bits per heavy atom. The van der Waals surface area contributed by atoms with Crippen LogP contribution in [0.1, 0.15) is 16.2 Å². The van der Waals surface area contributed by atoms with Gasteiger partial charge in [-0.15, -0.1) is 11.3 Å². The number of ether oxygens (including phenoxy) is 1. The van der Waals surface area contributed by atoms with E-state index >= 15 is 0 Å². The fourth-order valence-electron chi connectivity index (χ4n) is 1.44. The molecule has 1 heterocycles. The number of rotatable bonds is 4. The fourth-order valence-corrected chi connectivity index (χ4v) is 2.42. The summed E-state index contributed by atoms with van der Waals surface area (Å²) in [6, 6.07) is 11.4. The van der Waals surface area contributed by atoms with Gasteiger partial charge < -0.3 is 9.84 Å². The molecule has 0 radical (unpaired) electrons. The van der Waals surface area contributed by atoms with Gasteiger partial charge in [-0.1, -0.05) is 35.6 Å². The smallest absolute Gasteiger partial charge is 0.138 e. The highest BCUT2D eigenvalue weighted by molar-refractivity contribution is 7.12. The summed E-state index contributed by atoms with van der Waals surface area (Å²) in [5, 5.41) is 9.27. The van der Waals surface area contributed by atoms with E-state index in [1.54, 1.807) is 17.4 Å². The van der Waals surface area contributed by atoms with Crippen LogP contribution in [-0.4, -0.2) is 11.7 Å². The Morgan fingerprint density at radius 2 is 2.05 bits per heavy atom. The number of aliphatic hydroxyl groups is 1. The summed E-state index contributed by atoms with van der Waals surface area (Å²) in [5.41, 5.74) is 0. The quantitative estimate of drug-likeness (QED) is 0.871.